The van der Waals surface area contributed by atoms with Crippen molar-refractivity contribution in [1.82, 2.24) is 14.8 Å². The van der Waals surface area contributed by atoms with E-state index in [9.17, 15) is 9.18 Å². The van der Waals surface area contributed by atoms with Crippen molar-refractivity contribution >= 4 is 5.91 Å². The summed E-state index contributed by atoms with van der Waals surface area (Å²) in [6, 6.07) is 13.5. The van der Waals surface area contributed by atoms with E-state index in [0.29, 0.717) is 11.4 Å². The number of carbonyl (C=O) groups is 1. The molecule has 0 bridgehead atoms. The van der Waals surface area contributed by atoms with E-state index in [1.807, 2.05) is 38.1 Å². The molecule has 0 unspecified atom stereocenters. The van der Waals surface area contributed by atoms with Crippen LogP contribution in [0.1, 0.15) is 36.7 Å². The summed E-state index contributed by atoms with van der Waals surface area (Å²) in [5, 5.41) is 4.15. The fraction of sp³-hybridized carbons (Fsp3) is 0.250. The Balaban J connectivity index is 2.08. The van der Waals surface area contributed by atoms with E-state index in [4.69, 9.17) is 4.74 Å². The van der Waals surface area contributed by atoms with Crippen LogP contribution in [0.25, 0.3) is 11.4 Å². The Labute approximate surface area is 151 Å². The van der Waals surface area contributed by atoms with Gasteiger partial charge < -0.3 is 4.74 Å². The molecular formula is C20H20FN3O2. The lowest BCUT2D eigenvalue weighted by Gasteiger charge is -2.06. The first-order chi connectivity index (χ1) is 12.5. The van der Waals surface area contributed by atoms with Crippen LogP contribution in [0.2, 0.25) is 0 Å². The summed E-state index contributed by atoms with van der Waals surface area (Å²) in [4.78, 5) is 17.2. The van der Waals surface area contributed by atoms with Crippen LogP contribution in [0, 0.1) is 5.82 Å². The van der Waals surface area contributed by atoms with E-state index in [1.165, 1.54) is 23.8 Å². The van der Waals surface area contributed by atoms with Gasteiger partial charge in [-0.25, -0.2) is 4.39 Å². The van der Waals surface area contributed by atoms with Crippen molar-refractivity contribution < 1.29 is 13.9 Å². The number of halogens is 1. The standard InChI is InChI=1S/C20H20FN3O2/c1-4-14-9-11-15(12-10-14)18-22-20(26-13(2)3)23-24(18)19(25)16-7-5-6-8-17(16)21/h5-13H,4H2,1-3H3. The van der Waals surface area contributed by atoms with Gasteiger partial charge in [0.05, 0.1) is 11.7 Å². The van der Waals surface area contributed by atoms with Gasteiger partial charge in [0.1, 0.15) is 5.82 Å². The number of carbonyl (C=O) groups excluding carboxylic acids is 1. The van der Waals surface area contributed by atoms with Crippen LogP contribution in [0.5, 0.6) is 6.01 Å². The summed E-state index contributed by atoms with van der Waals surface area (Å²) < 4.78 is 20.7. The van der Waals surface area contributed by atoms with Crippen LogP contribution in [0.15, 0.2) is 48.5 Å². The molecule has 0 amide bonds. The minimum absolute atomic E-state index is 0.0695. The highest BCUT2D eigenvalue weighted by molar-refractivity contribution is 5.97. The molecule has 1 heterocycles. The number of aromatic nitrogens is 3. The second-order valence-corrected chi connectivity index (χ2v) is 6.13. The lowest BCUT2D eigenvalue weighted by Crippen LogP contribution is -2.17. The molecule has 0 spiro atoms. The Bertz CT molecular complexity index is 917. The second kappa shape index (κ2) is 7.47. The average Bonchev–Trinajstić information content (AvgIpc) is 3.04. The third kappa shape index (κ3) is 3.64. The van der Waals surface area contributed by atoms with E-state index in [-0.39, 0.29) is 17.7 Å². The average molecular weight is 353 g/mol. The Morgan fingerprint density at radius 3 is 2.46 bits per heavy atom. The first-order valence-electron chi connectivity index (χ1n) is 8.52. The van der Waals surface area contributed by atoms with Crippen molar-refractivity contribution in [1.29, 1.82) is 0 Å². The van der Waals surface area contributed by atoms with Gasteiger partial charge in [-0.2, -0.15) is 9.67 Å². The molecular weight excluding hydrogens is 333 g/mol. The zero-order chi connectivity index (χ0) is 18.7. The smallest absolute Gasteiger partial charge is 0.336 e. The molecule has 6 heteroatoms. The molecule has 5 nitrogen and oxygen atoms in total. The van der Waals surface area contributed by atoms with Gasteiger partial charge in [0, 0.05) is 5.56 Å². The van der Waals surface area contributed by atoms with Gasteiger partial charge in [-0.3, -0.25) is 4.79 Å². The fourth-order valence-corrected chi connectivity index (χ4v) is 2.52. The molecule has 1 aromatic heterocycles. The summed E-state index contributed by atoms with van der Waals surface area (Å²) >= 11 is 0. The summed E-state index contributed by atoms with van der Waals surface area (Å²) in [6.07, 6.45) is 0.757. The third-order valence-electron chi connectivity index (χ3n) is 3.85. The molecule has 134 valence electrons. The molecule has 0 aliphatic carbocycles. The van der Waals surface area contributed by atoms with E-state index in [0.717, 1.165) is 11.1 Å². The monoisotopic (exact) mass is 353 g/mol. The predicted octanol–water partition coefficient (Wildman–Crippen LogP) is 4.12. The number of aryl methyl sites for hydroxylation is 1. The molecule has 0 atom stereocenters. The molecule has 2 aromatic carbocycles. The first-order valence-corrected chi connectivity index (χ1v) is 8.52. The van der Waals surface area contributed by atoms with Crippen molar-refractivity contribution in [2.24, 2.45) is 0 Å². The van der Waals surface area contributed by atoms with Gasteiger partial charge in [-0.1, -0.05) is 43.3 Å². The van der Waals surface area contributed by atoms with Crippen molar-refractivity contribution in [3.63, 3.8) is 0 Å². The molecule has 3 aromatic rings. The molecule has 0 aliphatic rings. The fourth-order valence-electron chi connectivity index (χ4n) is 2.52. The summed E-state index contributed by atoms with van der Waals surface area (Å²) in [7, 11) is 0. The van der Waals surface area contributed by atoms with E-state index >= 15 is 0 Å². The number of ether oxygens (including phenoxy) is 1. The maximum atomic E-state index is 14.1. The van der Waals surface area contributed by atoms with Crippen LogP contribution < -0.4 is 4.74 Å². The predicted molar refractivity (Wildman–Crippen MR) is 96.7 cm³/mol. The van der Waals surface area contributed by atoms with E-state index in [2.05, 4.69) is 17.0 Å². The lowest BCUT2D eigenvalue weighted by atomic mass is 10.1. The zero-order valence-electron chi connectivity index (χ0n) is 14.9. The lowest BCUT2D eigenvalue weighted by molar-refractivity contribution is 0.0939. The highest BCUT2D eigenvalue weighted by Crippen LogP contribution is 2.23. The quantitative estimate of drug-likeness (QED) is 0.692. The molecule has 0 radical (unpaired) electrons. The van der Waals surface area contributed by atoms with Gasteiger partial charge in [-0.05, 0) is 38.0 Å². The first kappa shape index (κ1) is 17.8. The summed E-state index contributed by atoms with van der Waals surface area (Å²) in [5.74, 6) is -0.882. The molecule has 0 saturated carbocycles. The molecule has 0 saturated heterocycles. The number of hydrogen-bond donors (Lipinski definition) is 0. The topological polar surface area (TPSA) is 57.0 Å². The maximum absolute atomic E-state index is 14.1. The molecule has 0 aliphatic heterocycles. The van der Waals surface area contributed by atoms with E-state index < -0.39 is 11.7 Å². The van der Waals surface area contributed by atoms with Crippen LogP contribution in [-0.2, 0) is 6.42 Å². The second-order valence-electron chi connectivity index (χ2n) is 6.13. The highest BCUT2D eigenvalue weighted by atomic mass is 19.1. The van der Waals surface area contributed by atoms with Gasteiger partial charge in [0.25, 0.3) is 5.91 Å². The minimum Gasteiger partial charge on any atom is -0.460 e. The van der Waals surface area contributed by atoms with Crippen LogP contribution >= 0.6 is 0 Å². The third-order valence-corrected chi connectivity index (χ3v) is 3.85. The van der Waals surface area contributed by atoms with Gasteiger partial charge in [-0.15, -0.1) is 5.10 Å². The van der Waals surface area contributed by atoms with Crippen LogP contribution in [0.4, 0.5) is 4.39 Å². The zero-order valence-corrected chi connectivity index (χ0v) is 14.9. The number of rotatable bonds is 5. The van der Waals surface area contributed by atoms with Crippen molar-refractivity contribution in [3.8, 4) is 17.4 Å². The summed E-state index contributed by atoms with van der Waals surface area (Å²) in [5.41, 5.74) is 1.80. The van der Waals surface area contributed by atoms with Crippen LogP contribution in [-0.4, -0.2) is 26.8 Å². The van der Waals surface area contributed by atoms with Crippen molar-refractivity contribution in [2.75, 3.05) is 0 Å². The highest BCUT2D eigenvalue weighted by Gasteiger charge is 2.22. The minimum atomic E-state index is -0.605. The molecule has 0 N–H and O–H groups in total. The Morgan fingerprint density at radius 1 is 1.15 bits per heavy atom. The maximum Gasteiger partial charge on any atom is 0.336 e. The normalized spacial score (nSPS) is 11.0. The van der Waals surface area contributed by atoms with Gasteiger partial charge in [0.2, 0.25) is 0 Å². The Hall–Kier alpha value is -3.02. The number of benzene rings is 2. The summed E-state index contributed by atoms with van der Waals surface area (Å²) in [6.45, 7) is 5.75. The van der Waals surface area contributed by atoms with Crippen molar-refractivity contribution in [2.45, 2.75) is 33.3 Å². The number of nitrogens with zero attached hydrogens (tertiary/aromatic N) is 3. The van der Waals surface area contributed by atoms with Crippen molar-refractivity contribution in [3.05, 3.63) is 65.5 Å². The molecule has 3 rings (SSSR count). The van der Waals surface area contributed by atoms with Gasteiger partial charge in [0.15, 0.2) is 5.82 Å². The van der Waals surface area contributed by atoms with Gasteiger partial charge >= 0.3 is 6.01 Å². The largest absolute Gasteiger partial charge is 0.460 e. The SMILES string of the molecule is CCc1ccc(-c2nc(OC(C)C)nn2C(=O)c2ccccc2F)cc1. The van der Waals surface area contributed by atoms with E-state index in [1.54, 1.807) is 6.07 Å². The Kier molecular flexibility index (Phi) is 5.11. The number of hydrogen-bond acceptors (Lipinski definition) is 4. The molecule has 0 fully saturated rings. The molecule has 26 heavy (non-hydrogen) atoms. The van der Waals surface area contributed by atoms with Crippen LogP contribution in [0.3, 0.4) is 0 Å². The Morgan fingerprint density at radius 2 is 1.85 bits per heavy atom.